The third-order valence-electron chi connectivity index (χ3n) is 3.53. The summed E-state index contributed by atoms with van der Waals surface area (Å²) in [5.41, 5.74) is 0.791. The maximum absolute atomic E-state index is 12.2. The summed E-state index contributed by atoms with van der Waals surface area (Å²) in [7, 11) is 3.20. The van der Waals surface area contributed by atoms with Crippen LogP contribution < -0.4 is 20.1 Å². The van der Waals surface area contributed by atoms with E-state index < -0.39 is 0 Å². The predicted octanol–water partition coefficient (Wildman–Crippen LogP) is 1.54. The van der Waals surface area contributed by atoms with Crippen LogP contribution in [0.2, 0.25) is 0 Å². The highest BCUT2D eigenvalue weighted by Crippen LogP contribution is 2.28. The first kappa shape index (κ1) is 17.6. The van der Waals surface area contributed by atoms with Crippen LogP contribution in [0.3, 0.4) is 0 Å². The van der Waals surface area contributed by atoms with E-state index in [9.17, 15) is 4.79 Å². The summed E-state index contributed by atoms with van der Waals surface area (Å²) in [5.74, 6) is 1.36. The third-order valence-corrected chi connectivity index (χ3v) is 3.53. The zero-order chi connectivity index (χ0) is 14.4. The van der Waals surface area contributed by atoms with Gasteiger partial charge in [-0.2, -0.15) is 0 Å². The van der Waals surface area contributed by atoms with Crippen molar-refractivity contribution in [3.05, 3.63) is 23.8 Å². The Morgan fingerprint density at radius 2 is 2.00 bits per heavy atom. The Bertz CT molecular complexity index is 440. The molecule has 21 heavy (non-hydrogen) atoms. The van der Waals surface area contributed by atoms with Crippen molar-refractivity contribution in [1.29, 1.82) is 0 Å². The Balaban J connectivity index is 0.00000220. The van der Waals surface area contributed by atoms with Crippen LogP contribution in [0.1, 0.15) is 18.4 Å². The number of piperidine rings is 1. The third kappa shape index (κ3) is 4.79. The number of carbonyl (C=O) groups excluding carboxylic acids is 1. The maximum atomic E-state index is 12.2. The Kier molecular flexibility index (Phi) is 7.32. The fraction of sp³-hybridized carbons (Fsp3) is 0.533. The molecule has 1 aromatic carbocycles. The molecule has 2 N–H and O–H groups in total. The van der Waals surface area contributed by atoms with Crippen LogP contribution in [0.15, 0.2) is 18.2 Å². The molecule has 1 aliphatic rings. The van der Waals surface area contributed by atoms with Crippen LogP contribution in [-0.2, 0) is 11.2 Å². The summed E-state index contributed by atoms with van der Waals surface area (Å²) in [5, 5.41) is 6.34. The highest BCUT2D eigenvalue weighted by atomic mass is 35.5. The van der Waals surface area contributed by atoms with Crippen molar-refractivity contribution in [2.45, 2.75) is 25.3 Å². The summed E-state index contributed by atoms with van der Waals surface area (Å²) in [6, 6.07) is 5.75. The van der Waals surface area contributed by atoms with Gasteiger partial charge in [0.2, 0.25) is 5.91 Å². The molecule has 1 aromatic rings. The molecule has 1 saturated heterocycles. The van der Waals surface area contributed by atoms with Crippen LogP contribution in [0, 0.1) is 0 Å². The lowest BCUT2D eigenvalue weighted by atomic mass is 10.1. The molecule has 1 heterocycles. The predicted molar refractivity (Wildman–Crippen MR) is 84.5 cm³/mol. The van der Waals surface area contributed by atoms with Gasteiger partial charge >= 0.3 is 0 Å². The van der Waals surface area contributed by atoms with Gasteiger partial charge in [-0.05, 0) is 31.5 Å². The lowest BCUT2D eigenvalue weighted by Crippen LogP contribution is -2.46. The lowest BCUT2D eigenvalue weighted by molar-refractivity contribution is -0.121. The molecule has 1 unspecified atom stereocenters. The molecule has 2 rings (SSSR count). The summed E-state index contributed by atoms with van der Waals surface area (Å²) in [4.78, 5) is 12.2. The number of hydrogen-bond acceptors (Lipinski definition) is 4. The van der Waals surface area contributed by atoms with Gasteiger partial charge in [-0.3, -0.25) is 4.79 Å². The number of methoxy groups -OCH3 is 2. The number of nitrogens with one attached hydrogen (secondary N) is 2. The molecule has 5 nitrogen and oxygen atoms in total. The zero-order valence-corrected chi connectivity index (χ0v) is 13.3. The first-order chi connectivity index (χ1) is 9.74. The fourth-order valence-corrected chi connectivity index (χ4v) is 2.52. The normalized spacial score (nSPS) is 17.5. The van der Waals surface area contributed by atoms with Crippen LogP contribution >= 0.6 is 12.4 Å². The van der Waals surface area contributed by atoms with E-state index in [4.69, 9.17) is 9.47 Å². The van der Waals surface area contributed by atoms with E-state index in [1.54, 1.807) is 14.2 Å². The SMILES string of the molecule is COc1cccc(OC)c1CC(=O)NC1CCCNC1.Cl. The van der Waals surface area contributed by atoms with Crippen molar-refractivity contribution in [1.82, 2.24) is 10.6 Å². The molecule has 1 aliphatic heterocycles. The minimum Gasteiger partial charge on any atom is -0.496 e. The quantitative estimate of drug-likeness (QED) is 0.865. The van der Waals surface area contributed by atoms with Crippen molar-refractivity contribution in [3.63, 3.8) is 0 Å². The van der Waals surface area contributed by atoms with Crippen LogP contribution in [-0.4, -0.2) is 39.3 Å². The van der Waals surface area contributed by atoms with Gasteiger partial charge in [0.1, 0.15) is 11.5 Å². The van der Waals surface area contributed by atoms with E-state index in [1.807, 2.05) is 18.2 Å². The molecule has 0 spiro atoms. The van der Waals surface area contributed by atoms with Gasteiger partial charge in [0.05, 0.1) is 20.6 Å². The molecule has 0 bridgehead atoms. The Morgan fingerprint density at radius 3 is 2.52 bits per heavy atom. The van der Waals surface area contributed by atoms with Gasteiger partial charge in [0.15, 0.2) is 0 Å². The largest absolute Gasteiger partial charge is 0.496 e. The standard InChI is InChI=1S/C15H22N2O3.ClH/c1-19-13-6-3-7-14(20-2)12(13)9-15(18)17-11-5-4-8-16-10-11;/h3,6-7,11,16H,4-5,8-10H2,1-2H3,(H,17,18);1H. The maximum Gasteiger partial charge on any atom is 0.224 e. The van der Waals surface area contributed by atoms with Gasteiger partial charge < -0.3 is 20.1 Å². The second-order valence-electron chi connectivity index (χ2n) is 4.93. The van der Waals surface area contributed by atoms with Gasteiger partial charge in [-0.1, -0.05) is 6.07 Å². The summed E-state index contributed by atoms with van der Waals surface area (Å²) in [6.45, 7) is 1.88. The van der Waals surface area contributed by atoms with E-state index in [-0.39, 0.29) is 30.8 Å². The molecule has 0 aliphatic carbocycles. The molecule has 0 saturated carbocycles. The van der Waals surface area contributed by atoms with E-state index >= 15 is 0 Å². The number of carbonyl (C=O) groups is 1. The minimum absolute atomic E-state index is 0. The fourth-order valence-electron chi connectivity index (χ4n) is 2.52. The van der Waals surface area contributed by atoms with Gasteiger partial charge in [0.25, 0.3) is 0 Å². The monoisotopic (exact) mass is 314 g/mol. The van der Waals surface area contributed by atoms with Gasteiger partial charge in [0, 0.05) is 18.2 Å². The van der Waals surface area contributed by atoms with E-state index in [1.165, 1.54) is 0 Å². The first-order valence-corrected chi connectivity index (χ1v) is 6.94. The highest BCUT2D eigenvalue weighted by Gasteiger charge is 2.18. The van der Waals surface area contributed by atoms with Crippen molar-refractivity contribution >= 4 is 18.3 Å². The topological polar surface area (TPSA) is 59.6 Å². The summed E-state index contributed by atoms with van der Waals surface area (Å²) >= 11 is 0. The van der Waals surface area contributed by atoms with Crippen LogP contribution in [0.5, 0.6) is 11.5 Å². The highest BCUT2D eigenvalue weighted by molar-refractivity contribution is 5.85. The second-order valence-corrected chi connectivity index (χ2v) is 4.93. The Hall–Kier alpha value is -1.46. The van der Waals surface area contributed by atoms with Crippen molar-refractivity contribution in [2.24, 2.45) is 0 Å². The minimum atomic E-state index is 0. The summed E-state index contributed by atoms with van der Waals surface area (Å²) in [6.07, 6.45) is 2.40. The van der Waals surface area contributed by atoms with E-state index in [0.29, 0.717) is 11.5 Å². The van der Waals surface area contributed by atoms with E-state index in [0.717, 1.165) is 31.5 Å². The molecular formula is C15H23ClN2O3. The van der Waals surface area contributed by atoms with Crippen LogP contribution in [0.4, 0.5) is 0 Å². The summed E-state index contributed by atoms with van der Waals surface area (Å²) < 4.78 is 10.6. The molecule has 1 amide bonds. The number of hydrogen-bond donors (Lipinski definition) is 2. The molecule has 0 radical (unpaired) electrons. The Morgan fingerprint density at radius 1 is 1.33 bits per heavy atom. The van der Waals surface area contributed by atoms with E-state index in [2.05, 4.69) is 10.6 Å². The average molecular weight is 315 g/mol. The zero-order valence-electron chi connectivity index (χ0n) is 12.5. The van der Waals surface area contributed by atoms with Gasteiger partial charge in [-0.25, -0.2) is 0 Å². The number of amides is 1. The number of benzene rings is 1. The van der Waals surface area contributed by atoms with Crippen LogP contribution in [0.25, 0.3) is 0 Å². The second kappa shape index (κ2) is 8.74. The molecular weight excluding hydrogens is 292 g/mol. The van der Waals surface area contributed by atoms with Gasteiger partial charge in [-0.15, -0.1) is 12.4 Å². The van der Waals surface area contributed by atoms with Crippen molar-refractivity contribution in [3.8, 4) is 11.5 Å². The average Bonchev–Trinajstić information content (AvgIpc) is 2.48. The van der Waals surface area contributed by atoms with Crippen molar-refractivity contribution < 1.29 is 14.3 Å². The molecule has 118 valence electrons. The van der Waals surface area contributed by atoms with Crippen molar-refractivity contribution in [2.75, 3.05) is 27.3 Å². The first-order valence-electron chi connectivity index (χ1n) is 6.94. The molecule has 1 atom stereocenters. The Labute approximate surface area is 131 Å². The number of halogens is 1. The molecule has 6 heteroatoms. The number of ether oxygens (including phenoxy) is 2. The smallest absolute Gasteiger partial charge is 0.224 e. The molecule has 0 aromatic heterocycles. The molecule has 1 fully saturated rings. The number of rotatable bonds is 5. The lowest BCUT2D eigenvalue weighted by Gasteiger charge is -2.24.